The van der Waals surface area contributed by atoms with Gasteiger partial charge in [-0.15, -0.1) is 0 Å². The van der Waals surface area contributed by atoms with Crippen molar-refractivity contribution in [2.24, 2.45) is 0 Å². The van der Waals surface area contributed by atoms with E-state index in [1.165, 1.54) is 6.07 Å². The van der Waals surface area contributed by atoms with Crippen LogP contribution in [0.1, 0.15) is 35.8 Å². The molecule has 3 N–H and O–H groups in total. The Hall–Kier alpha value is -4.01. The number of hydrogen-bond donors (Lipinski definition) is 3. The molecule has 1 amide bonds. The molecule has 3 aromatic rings. The van der Waals surface area contributed by atoms with Crippen LogP contribution in [0.4, 0.5) is 13.6 Å². The number of amidine groups is 1. The number of ether oxygens (including phenoxy) is 1. The van der Waals surface area contributed by atoms with Crippen molar-refractivity contribution in [2.45, 2.75) is 25.4 Å². The summed E-state index contributed by atoms with van der Waals surface area (Å²) in [6.07, 6.45) is 5.97. The molecule has 5 rings (SSSR count). The molecule has 168 valence electrons. The molecule has 7 nitrogen and oxygen atoms in total. The van der Waals surface area contributed by atoms with Crippen molar-refractivity contribution in [1.29, 1.82) is 5.41 Å². The fourth-order valence-electron chi connectivity index (χ4n) is 4.26. The summed E-state index contributed by atoms with van der Waals surface area (Å²) in [5, 5.41) is 11.1. The summed E-state index contributed by atoms with van der Waals surface area (Å²) < 4.78 is 33.1. The first-order valence-electron chi connectivity index (χ1n) is 10.6. The molecule has 0 bridgehead atoms. The maximum Gasteiger partial charge on any atom is 0.412 e. The van der Waals surface area contributed by atoms with Crippen molar-refractivity contribution < 1.29 is 18.3 Å². The van der Waals surface area contributed by atoms with Crippen LogP contribution < -0.4 is 10.1 Å². The van der Waals surface area contributed by atoms with Gasteiger partial charge in [0.25, 0.3) is 0 Å². The van der Waals surface area contributed by atoms with Crippen LogP contribution in [-0.2, 0) is 6.54 Å². The lowest BCUT2D eigenvalue weighted by Crippen LogP contribution is -2.31. The Balaban J connectivity index is 1.31. The SMILES string of the molecule is N=C(/C=C\c1ncc(-c2ccc3c(c2)CNC(=O)O3)[nH]1)N1CCCC1c1cc(F)ccc1F. The van der Waals surface area contributed by atoms with Gasteiger partial charge in [-0.2, -0.15) is 0 Å². The highest BCUT2D eigenvalue weighted by Gasteiger charge is 2.29. The number of likely N-dealkylation sites (tertiary alicyclic amines) is 1. The third kappa shape index (κ3) is 4.21. The summed E-state index contributed by atoms with van der Waals surface area (Å²) in [5.74, 6) is 0.353. The third-order valence-corrected chi connectivity index (χ3v) is 5.87. The molecule has 0 aliphatic carbocycles. The number of H-pyrrole nitrogens is 1. The summed E-state index contributed by atoms with van der Waals surface area (Å²) in [7, 11) is 0. The molecule has 0 radical (unpaired) electrons. The molecule has 1 aromatic heterocycles. The Morgan fingerprint density at radius 1 is 1.24 bits per heavy atom. The summed E-state index contributed by atoms with van der Waals surface area (Å²) in [6.45, 7) is 0.990. The lowest BCUT2D eigenvalue weighted by Gasteiger charge is -2.26. The zero-order valence-electron chi connectivity index (χ0n) is 17.6. The number of halogens is 2. The molecule has 1 saturated heterocycles. The van der Waals surface area contributed by atoms with Gasteiger partial charge in [0.2, 0.25) is 0 Å². The number of imidazole rings is 1. The van der Waals surface area contributed by atoms with E-state index in [9.17, 15) is 13.6 Å². The first-order chi connectivity index (χ1) is 16.0. The summed E-state index contributed by atoms with van der Waals surface area (Å²) >= 11 is 0. The molecule has 1 unspecified atom stereocenters. The number of carbonyl (C=O) groups excluding carboxylic acids is 1. The van der Waals surface area contributed by atoms with Crippen molar-refractivity contribution in [3.05, 3.63) is 77.3 Å². The number of hydrogen-bond acceptors (Lipinski definition) is 4. The lowest BCUT2D eigenvalue weighted by molar-refractivity contribution is 0.194. The highest BCUT2D eigenvalue weighted by atomic mass is 19.1. The van der Waals surface area contributed by atoms with E-state index in [0.29, 0.717) is 31.1 Å². The first-order valence-corrected chi connectivity index (χ1v) is 10.6. The fraction of sp³-hybridized carbons (Fsp3) is 0.208. The van der Waals surface area contributed by atoms with E-state index in [4.69, 9.17) is 10.1 Å². The van der Waals surface area contributed by atoms with Gasteiger partial charge in [0.05, 0.1) is 17.9 Å². The van der Waals surface area contributed by atoms with Crippen LogP contribution in [-0.4, -0.2) is 33.3 Å². The standard InChI is InChI=1S/C24H21F2N5O2/c25-16-4-5-18(26)17(11-16)20-2-1-9-31(20)22(27)7-8-23-28-13-19(30-23)14-3-6-21-15(10-14)12-29-24(32)33-21/h3-8,10-11,13,20,27H,1-2,9,12H2,(H,28,30)(H,29,32)/b8-7-,27-22?. The number of aromatic amines is 1. The Kier molecular flexibility index (Phi) is 5.37. The van der Waals surface area contributed by atoms with Crippen molar-refractivity contribution >= 4 is 18.0 Å². The maximum absolute atomic E-state index is 14.3. The Morgan fingerprint density at radius 3 is 3.00 bits per heavy atom. The zero-order valence-corrected chi connectivity index (χ0v) is 17.6. The van der Waals surface area contributed by atoms with E-state index in [2.05, 4.69) is 15.3 Å². The van der Waals surface area contributed by atoms with Crippen LogP contribution >= 0.6 is 0 Å². The van der Waals surface area contributed by atoms with E-state index < -0.39 is 17.7 Å². The number of carbonyl (C=O) groups is 1. The van der Waals surface area contributed by atoms with E-state index in [1.807, 2.05) is 12.1 Å². The van der Waals surface area contributed by atoms with Crippen LogP contribution in [0.5, 0.6) is 5.75 Å². The number of nitrogens with zero attached hydrogens (tertiary/aromatic N) is 2. The largest absolute Gasteiger partial charge is 0.412 e. The molecule has 1 fully saturated rings. The molecule has 2 aliphatic heterocycles. The molecule has 9 heteroatoms. The third-order valence-electron chi connectivity index (χ3n) is 5.87. The molecular weight excluding hydrogens is 428 g/mol. The van der Waals surface area contributed by atoms with Gasteiger partial charge in [-0.3, -0.25) is 5.41 Å². The maximum atomic E-state index is 14.3. The molecule has 0 saturated carbocycles. The first kappa shape index (κ1) is 20.9. The summed E-state index contributed by atoms with van der Waals surface area (Å²) in [5.41, 5.74) is 2.81. The van der Waals surface area contributed by atoms with Gasteiger partial charge in [-0.25, -0.2) is 18.6 Å². The highest BCUT2D eigenvalue weighted by Crippen LogP contribution is 2.34. The molecular formula is C24H21F2N5O2. The topological polar surface area (TPSA) is 94.1 Å². The van der Waals surface area contributed by atoms with Crippen molar-refractivity contribution in [3.8, 4) is 17.0 Å². The smallest absolute Gasteiger partial charge is 0.410 e. The lowest BCUT2D eigenvalue weighted by atomic mass is 10.0. The van der Waals surface area contributed by atoms with Gasteiger partial charge in [-0.1, -0.05) is 0 Å². The van der Waals surface area contributed by atoms with E-state index in [0.717, 1.165) is 35.4 Å². The Bertz CT molecular complexity index is 1270. The van der Waals surface area contributed by atoms with Gasteiger partial charge in [-0.05, 0) is 61.4 Å². The zero-order chi connectivity index (χ0) is 22.9. The predicted octanol–water partition coefficient (Wildman–Crippen LogP) is 4.78. The normalized spacial score (nSPS) is 17.7. The highest BCUT2D eigenvalue weighted by molar-refractivity contribution is 5.94. The second-order valence-corrected chi connectivity index (χ2v) is 7.98. The van der Waals surface area contributed by atoms with Crippen LogP contribution in [0.25, 0.3) is 17.3 Å². The number of fused-ring (bicyclic) bond motifs is 1. The minimum atomic E-state index is -0.487. The number of benzene rings is 2. The second kappa shape index (κ2) is 8.50. The number of aromatic nitrogens is 2. The molecule has 1 atom stereocenters. The number of nitrogens with one attached hydrogen (secondary N) is 3. The van der Waals surface area contributed by atoms with E-state index >= 15 is 0 Å². The minimum absolute atomic E-state index is 0.209. The summed E-state index contributed by atoms with van der Waals surface area (Å²) in [4.78, 5) is 20.6. The molecule has 2 aliphatic rings. The van der Waals surface area contributed by atoms with Crippen molar-refractivity contribution in [2.75, 3.05) is 6.54 Å². The van der Waals surface area contributed by atoms with Gasteiger partial charge >= 0.3 is 6.09 Å². The van der Waals surface area contributed by atoms with Crippen LogP contribution in [0.3, 0.4) is 0 Å². The predicted molar refractivity (Wildman–Crippen MR) is 119 cm³/mol. The van der Waals surface area contributed by atoms with Crippen LogP contribution in [0.2, 0.25) is 0 Å². The molecule has 2 aromatic carbocycles. The minimum Gasteiger partial charge on any atom is -0.410 e. The van der Waals surface area contributed by atoms with Crippen molar-refractivity contribution in [1.82, 2.24) is 20.2 Å². The summed E-state index contributed by atoms with van der Waals surface area (Å²) in [6, 6.07) is 8.57. The fourth-order valence-corrected chi connectivity index (χ4v) is 4.26. The number of amides is 1. The van der Waals surface area contributed by atoms with Gasteiger partial charge < -0.3 is 19.9 Å². The van der Waals surface area contributed by atoms with Gasteiger partial charge in [0.15, 0.2) is 0 Å². The van der Waals surface area contributed by atoms with Crippen LogP contribution in [0, 0.1) is 17.0 Å². The molecule has 0 spiro atoms. The van der Waals surface area contributed by atoms with E-state index in [1.54, 1.807) is 29.3 Å². The Labute approximate surface area is 188 Å². The molecule has 33 heavy (non-hydrogen) atoms. The molecule has 3 heterocycles. The second-order valence-electron chi connectivity index (χ2n) is 7.98. The Morgan fingerprint density at radius 2 is 2.12 bits per heavy atom. The van der Waals surface area contributed by atoms with Crippen molar-refractivity contribution in [3.63, 3.8) is 0 Å². The number of rotatable bonds is 4. The average Bonchev–Trinajstić information content (AvgIpc) is 3.49. The van der Waals surface area contributed by atoms with Crippen LogP contribution in [0.15, 0.2) is 48.7 Å². The monoisotopic (exact) mass is 449 g/mol. The average molecular weight is 449 g/mol. The van der Waals surface area contributed by atoms with Gasteiger partial charge in [0.1, 0.15) is 29.0 Å². The van der Waals surface area contributed by atoms with E-state index in [-0.39, 0.29) is 17.4 Å². The van der Waals surface area contributed by atoms with Gasteiger partial charge in [0, 0.05) is 29.8 Å². The quantitative estimate of drug-likeness (QED) is 0.395.